The van der Waals surface area contributed by atoms with E-state index in [4.69, 9.17) is 18.5 Å². The van der Waals surface area contributed by atoms with Gasteiger partial charge >= 0.3 is 20.0 Å². The fourth-order valence-corrected chi connectivity index (χ4v) is 4.83. The number of unbranched alkanes of at least 4 members (excludes halogenated alkanes) is 15. The average molecular weight is 625 g/mol. The van der Waals surface area contributed by atoms with Crippen molar-refractivity contribution in [1.82, 2.24) is 10.2 Å². The third-order valence-electron chi connectivity index (χ3n) is 6.77. The molecule has 0 saturated heterocycles. The Morgan fingerprint density at radius 3 is 1.71 bits per heavy atom. The second-order valence-corrected chi connectivity index (χ2v) is 13.8. The van der Waals surface area contributed by atoms with Gasteiger partial charge in [0.1, 0.15) is 19.8 Å². The molecule has 0 bridgehead atoms. The predicted molar refractivity (Wildman–Crippen MR) is 167 cm³/mol. The number of hydrogen-bond acceptors (Lipinski definition) is 7. The number of nitrogens with zero attached hydrogens (tertiary/aromatic N) is 2. The Bertz CT molecular complexity index is 734. The molecule has 0 fully saturated rings. The van der Waals surface area contributed by atoms with Crippen LogP contribution in [0.15, 0.2) is 0 Å². The van der Waals surface area contributed by atoms with Crippen molar-refractivity contribution in [3.63, 3.8) is 0 Å². The van der Waals surface area contributed by atoms with Gasteiger partial charge in [-0.3, -0.25) is 9.05 Å². The molecule has 0 rings (SSSR count). The third-order valence-corrected chi connectivity index (χ3v) is 7.76. The molecule has 0 aliphatic heterocycles. The Morgan fingerprint density at radius 1 is 0.786 bits per heavy atom. The molecule has 11 nitrogen and oxygen atoms in total. The van der Waals surface area contributed by atoms with E-state index in [0.717, 1.165) is 19.3 Å². The number of phosphoric acid groups is 1. The quantitative estimate of drug-likeness (QED) is 0.0576. The van der Waals surface area contributed by atoms with E-state index in [0.29, 0.717) is 17.6 Å². The zero-order valence-electron chi connectivity index (χ0n) is 27.6. The van der Waals surface area contributed by atoms with Crippen molar-refractivity contribution >= 4 is 20.0 Å². The summed E-state index contributed by atoms with van der Waals surface area (Å²) in [5.74, 6) is 0. The van der Waals surface area contributed by atoms with Crippen LogP contribution in [-0.2, 0) is 23.1 Å². The molecule has 0 heterocycles. The number of carbonyl (C=O) groups is 2. The minimum absolute atomic E-state index is 0.0116. The molecule has 0 spiro atoms. The van der Waals surface area contributed by atoms with Crippen molar-refractivity contribution in [1.29, 1.82) is 0 Å². The lowest BCUT2D eigenvalue weighted by Gasteiger charge is -2.24. The van der Waals surface area contributed by atoms with Crippen LogP contribution in [0.2, 0.25) is 0 Å². The average Bonchev–Trinajstić information content (AvgIpc) is 2.90. The number of ether oxygens (including phenoxy) is 2. The van der Waals surface area contributed by atoms with E-state index in [1.807, 2.05) is 21.1 Å². The van der Waals surface area contributed by atoms with E-state index in [1.165, 1.54) is 102 Å². The van der Waals surface area contributed by atoms with Gasteiger partial charge in [0.05, 0.1) is 27.7 Å². The highest BCUT2D eigenvalue weighted by Gasteiger charge is 2.27. The molecule has 42 heavy (non-hydrogen) atoms. The summed E-state index contributed by atoms with van der Waals surface area (Å²) in [6.45, 7) is 2.46. The van der Waals surface area contributed by atoms with Crippen molar-refractivity contribution in [2.24, 2.45) is 0 Å². The standard InChI is InChI=1S/C30H62N3O8P/c1-7-8-9-10-11-12-13-14-15-16-17-18-19-20-21-22-23-31-29(34)38-26-28(41-30(35)32(2)3)27-40-42(36,37)39-25-24-33(4,5)6/h28H,7-27H2,1-6H3,(H-,31,34,36,37)/p+1. The molecule has 2 unspecified atom stereocenters. The Morgan fingerprint density at radius 2 is 1.26 bits per heavy atom. The van der Waals surface area contributed by atoms with Gasteiger partial charge in [-0.2, -0.15) is 0 Å². The van der Waals surface area contributed by atoms with Crippen LogP contribution in [0.25, 0.3) is 0 Å². The van der Waals surface area contributed by atoms with E-state index in [9.17, 15) is 19.0 Å². The summed E-state index contributed by atoms with van der Waals surface area (Å²) in [4.78, 5) is 35.2. The highest BCUT2D eigenvalue weighted by Crippen LogP contribution is 2.43. The second-order valence-electron chi connectivity index (χ2n) is 12.3. The van der Waals surface area contributed by atoms with Crippen LogP contribution in [0.5, 0.6) is 0 Å². The third kappa shape index (κ3) is 27.4. The van der Waals surface area contributed by atoms with Crippen molar-refractivity contribution in [3.8, 4) is 0 Å². The summed E-state index contributed by atoms with van der Waals surface area (Å²) in [5.41, 5.74) is 0. The van der Waals surface area contributed by atoms with Crippen LogP contribution < -0.4 is 5.32 Å². The molecule has 2 atom stereocenters. The Kier molecular flexibility index (Phi) is 24.2. The van der Waals surface area contributed by atoms with Gasteiger partial charge in [-0.1, -0.05) is 103 Å². The molecule has 0 aromatic carbocycles. The number of alkyl carbamates (subject to hydrolysis) is 1. The van der Waals surface area contributed by atoms with Gasteiger partial charge in [0.25, 0.3) is 0 Å². The van der Waals surface area contributed by atoms with E-state index >= 15 is 0 Å². The molecule has 0 radical (unpaired) electrons. The number of amides is 2. The van der Waals surface area contributed by atoms with Gasteiger partial charge in [0, 0.05) is 20.6 Å². The summed E-state index contributed by atoms with van der Waals surface area (Å²) in [5, 5.41) is 2.69. The number of quaternary nitrogens is 1. The molecule has 0 aliphatic carbocycles. The Hall–Kier alpha value is -1.39. The largest absolute Gasteiger partial charge is 0.472 e. The molecule has 0 saturated carbocycles. The minimum Gasteiger partial charge on any atom is -0.446 e. The van der Waals surface area contributed by atoms with Crippen LogP contribution >= 0.6 is 7.82 Å². The van der Waals surface area contributed by atoms with Gasteiger partial charge in [-0.15, -0.1) is 0 Å². The van der Waals surface area contributed by atoms with Crippen LogP contribution in [-0.4, -0.2) is 101 Å². The van der Waals surface area contributed by atoms with Gasteiger partial charge in [-0.05, 0) is 6.42 Å². The molecule has 0 aromatic rings. The zero-order chi connectivity index (χ0) is 31.7. The number of nitrogens with one attached hydrogen (secondary N) is 1. The highest BCUT2D eigenvalue weighted by atomic mass is 31.2. The maximum Gasteiger partial charge on any atom is 0.472 e. The maximum atomic E-state index is 12.2. The highest BCUT2D eigenvalue weighted by molar-refractivity contribution is 7.47. The normalized spacial score (nSPS) is 13.8. The number of phosphoric ester groups is 1. The number of rotatable bonds is 27. The molecule has 2 N–H and O–H groups in total. The van der Waals surface area contributed by atoms with Crippen LogP contribution in [0, 0.1) is 0 Å². The summed E-state index contributed by atoms with van der Waals surface area (Å²) in [6, 6.07) is 0. The van der Waals surface area contributed by atoms with E-state index in [-0.39, 0.29) is 13.2 Å². The molecule has 0 aromatic heterocycles. The maximum absolute atomic E-state index is 12.2. The molecule has 0 aliphatic rings. The Balaban J connectivity index is 3.99. The van der Waals surface area contributed by atoms with E-state index in [1.54, 1.807) is 0 Å². The lowest BCUT2D eigenvalue weighted by atomic mass is 10.0. The first-order chi connectivity index (χ1) is 19.9. The first-order valence-electron chi connectivity index (χ1n) is 16.1. The number of likely N-dealkylation sites (N-methyl/N-ethyl adjacent to an activating group) is 1. The summed E-state index contributed by atoms with van der Waals surface area (Å²) >= 11 is 0. The molecular weight excluding hydrogens is 561 g/mol. The van der Waals surface area contributed by atoms with Crippen LogP contribution in [0.1, 0.15) is 110 Å². The van der Waals surface area contributed by atoms with Gasteiger partial charge < -0.3 is 29.1 Å². The lowest BCUT2D eigenvalue weighted by Crippen LogP contribution is -2.37. The first-order valence-corrected chi connectivity index (χ1v) is 17.6. The predicted octanol–water partition coefficient (Wildman–Crippen LogP) is 6.88. The fraction of sp³-hybridized carbons (Fsp3) is 0.933. The van der Waals surface area contributed by atoms with Gasteiger partial charge in [0.2, 0.25) is 0 Å². The Labute approximate surface area is 256 Å². The number of hydrogen-bond donors (Lipinski definition) is 2. The smallest absolute Gasteiger partial charge is 0.446 e. The van der Waals surface area contributed by atoms with E-state index in [2.05, 4.69) is 12.2 Å². The van der Waals surface area contributed by atoms with Crippen LogP contribution in [0.4, 0.5) is 9.59 Å². The summed E-state index contributed by atoms with van der Waals surface area (Å²) in [6.07, 6.45) is 18.1. The zero-order valence-corrected chi connectivity index (χ0v) is 28.5. The van der Waals surface area contributed by atoms with Gasteiger partial charge in [-0.25, -0.2) is 14.2 Å². The molecule has 12 heteroatoms. The van der Waals surface area contributed by atoms with Crippen LogP contribution in [0.3, 0.4) is 0 Å². The van der Waals surface area contributed by atoms with Crippen molar-refractivity contribution in [2.45, 2.75) is 116 Å². The summed E-state index contributed by atoms with van der Waals surface area (Å²) in [7, 11) is 4.40. The van der Waals surface area contributed by atoms with Crippen molar-refractivity contribution in [3.05, 3.63) is 0 Å². The van der Waals surface area contributed by atoms with E-state index < -0.39 is 32.7 Å². The molecule has 2 amide bonds. The second kappa shape index (κ2) is 25.0. The van der Waals surface area contributed by atoms with Crippen molar-refractivity contribution in [2.75, 3.05) is 68.1 Å². The fourth-order valence-electron chi connectivity index (χ4n) is 4.09. The molecule has 250 valence electrons. The summed E-state index contributed by atoms with van der Waals surface area (Å²) < 4.78 is 33.1. The molecular formula is C30H63N3O8P+. The van der Waals surface area contributed by atoms with Crippen molar-refractivity contribution < 1.29 is 42.1 Å². The minimum atomic E-state index is -4.37. The number of carbonyl (C=O) groups excluding carboxylic acids is 2. The monoisotopic (exact) mass is 624 g/mol. The SMILES string of the molecule is CCCCCCCCCCCCCCCCCCNC(=O)OCC(COP(=O)(O)OCC[N+](C)(C)C)OC(=O)N(C)C. The topological polar surface area (TPSA) is 124 Å². The first kappa shape index (κ1) is 40.6. The van der Waals surface area contributed by atoms with Gasteiger partial charge in [0.15, 0.2) is 6.10 Å². The lowest BCUT2D eigenvalue weighted by molar-refractivity contribution is -0.870.